The summed E-state index contributed by atoms with van der Waals surface area (Å²) in [7, 11) is 0. The average Bonchev–Trinajstić information content (AvgIpc) is 2.96. The molecule has 0 saturated carbocycles. The fraction of sp³-hybridized carbons (Fsp3) is 0.368. The van der Waals surface area contributed by atoms with Crippen LogP contribution >= 0.6 is 34.7 Å². The molecule has 1 N–H and O–H groups in total. The lowest BCUT2D eigenvalue weighted by Crippen LogP contribution is -2.23. The number of aromatic nitrogens is 3. The average molecular weight is 452 g/mol. The largest absolute Gasteiger partial charge is 0.348 e. The zero-order valence-electron chi connectivity index (χ0n) is 15.5. The van der Waals surface area contributed by atoms with Gasteiger partial charge in [0.05, 0.1) is 10.8 Å². The molecule has 1 aliphatic heterocycles. The Morgan fingerprint density at radius 2 is 2.03 bits per heavy atom. The monoisotopic (exact) mass is 451 g/mol. The molecule has 1 fully saturated rings. The van der Waals surface area contributed by atoms with Gasteiger partial charge in [-0.05, 0) is 31.0 Å². The van der Waals surface area contributed by atoms with Crippen molar-refractivity contribution in [2.45, 2.75) is 30.7 Å². The van der Waals surface area contributed by atoms with Crippen LogP contribution in [0.2, 0.25) is 5.02 Å². The van der Waals surface area contributed by atoms with Gasteiger partial charge in [0.15, 0.2) is 10.8 Å². The van der Waals surface area contributed by atoms with E-state index in [2.05, 4.69) is 25.2 Å². The van der Waals surface area contributed by atoms with E-state index in [1.807, 2.05) is 0 Å². The van der Waals surface area contributed by atoms with Crippen LogP contribution < -0.4 is 10.2 Å². The van der Waals surface area contributed by atoms with Crippen LogP contribution in [0.15, 0.2) is 29.6 Å². The molecule has 1 amide bonds. The lowest BCUT2D eigenvalue weighted by atomic mass is 10.2. The lowest BCUT2D eigenvalue weighted by molar-refractivity contribution is -0.113. The maximum Gasteiger partial charge on any atom is 0.234 e. The third kappa shape index (κ3) is 4.96. The van der Waals surface area contributed by atoms with Crippen molar-refractivity contribution in [2.75, 3.05) is 29.1 Å². The second-order valence-electron chi connectivity index (χ2n) is 6.69. The Morgan fingerprint density at radius 1 is 1.24 bits per heavy atom. The number of halogens is 2. The number of benzene rings is 1. The first-order valence-corrected chi connectivity index (χ1v) is 11.5. The highest BCUT2D eigenvalue weighted by molar-refractivity contribution is 8.00. The van der Waals surface area contributed by atoms with Crippen LogP contribution in [0.4, 0.5) is 15.2 Å². The molecule has 1 aromatic carbocycles. The second-order valence-corrected chi connectivity index (χ2v) is 9.04. The number of thiazole rings is 1. The van der Waals surface area contributed by atoms with Crippen molar-refractivity contribution in [3.8, 4) is 0 Å². The van der Waals surface area contributed by atoms with Crippen molar-refractivity contribution >= 4 is 61.8 Å². The molecule has 0 radical (unpaired) electrons. The molecule has 0 bridgehead atoms. The van der Waals surface area contributed by atoms with Crippen molar-refractivity contribution in [3.05, 3.63) is 35.4 Å². The Hall–Kier alpha value is -1.97. The van der Waals surface area contributed by atoms with Gasteiger partial charge in [-0.3, -0.25) is 4.79 Å². The maximum absolute atomic E-state index is 13.2. The van der Waals surface area contributed by atoms with E-state index in [9.17, 15) is 9.18 Å². The minimum absolute atomic E-state index is 0.0290. The summed E-state index contributed by atoms with van der Waals surface area (Å²) in [5.74, 6) is -0.576. The van der Waals surface area contributed by atoms with Gasteiger partial charge >= 0.3 is 0 Å². The van der Waals surface area contributed by atoms with Crippen molar-refractivity contribution < 1.29 is 9.18 Å². The molecule has 0 atom stereocenters. The number of hydrogen-bond acceptors (Lipinski definition) is 7. The Bertz CT molecular complexity index is 1020. The van der Waals surface area contributed by atoms with Gasteiger partial charge in [0, 0.05) is 18.8 Å². The summed E-state index contributed by atoms with van der Waals surface area (Å²) >= 11 is 8.66. The van der Waals surface area contributed by atoms with Gasteiger partial charge in [0.1, 0.15) is 21.9 Å². The van der Waals surface area contributed by atoms with Crippen LogP contribution in [0.25, 0.3) is 10.3 Å². The Balaban J connectivity index is 1.44. The first kappa shape index (κ1) is 20.3. The molecule has 152 valence electrons. The van der Waals surface area contributed by atoms with Crippen molar-refractivity contribution in [2.24, 2.45) is 0 Å². The molecule has 1 saturated heterocycles. The normalized spacial score (nSPS) is 14.8. The van der Waals surface area contributed by atoms with Crippen LogP contribution in [-0.2, 0) is 4.79 Å². The molecule has 0 unspecified atom stereocenters. The minimum Gasteiger partial charge on any atom is -0.348 e. The maximum atomic E-state index is 13.2. The molecular weight excluding hydrogens is 433 g/mol. The van der Waals surface area contributed by atoms with E-state index in [1.54, 1.807) is 11.3 Å². The summed E-state index contributed by atoms with van der Waals surface area (Å²) in [6.45, 7) is 2.02. The molecule has 4 rings (SSSR count). The van der Waals surface area contributed by atoms with E-state index in [-0.39, 0.29) is 16.7 Å². The Kier molecular flexibility index (Phi) is 6.46. The molecule has 2 aromatic heterocycles. The zero-order valence-corrected chi connectivity index (χ0v) is 17.9. The number of nitrogens with zero attached hydrogens (tertiary/aromatic N) is 4. The molecule has 29 heavy (non-hydrogen) atoms. The highest BCUT2D eigenvalue weighted by Crippen LogP contribution is 2.34. The number of anilines is 2. The third-order valence-electron chi connectivity index (χ3n) is 4.57. The van der Waals surface area contributed by atoms with E-state index in [1.165, 1.54) is 62.0 Å². The molecule has 1 aliphatic rings. The minimum atomic E-state index is -0.521. The number of hydrogen-bond donors (Lipinski definition) is 1. The predicted octanol–water partition coefficient (Wildman–Crippen LogP) is 4.99. The summed E-state index contributed by atoms with van der Waals surface area (Å²) in [6, 6.07) is 4.09. The van der Waals surface area contributed by atoms with Crippen LogP contribution in [0.5, 0.6) is 0 Å². The lowest BCUT2D eigenvalue weighted by Gasteiger charge is -2.18. The number of fused-ring (bicyclic) bond motifs is 1. The fourth-order valence-electron chi connectivity index (χ4n) is 3.13. The van der Waals surface area contributed by atoms with Gasteiger partial charge < -0.3 is 10.2 Å². The smallest absolute Gasteiger partial charge is 0.234 e. The summed E-state index contributed by atoms with van der Waals surface area (Å²) in [6.07, 6.45) is 6.36. The van der Waals surface area contributed by atoms with Crippen LogP contribution in [0.3, 0.4) is 0 Å². The summed E-state index contributed by atoms with van der Waals surface area (Å²) in [5.41, 5.74) is 1.12. The van der Waals surface area contributed by atoms with Crippen molar-refractivity contribution in [3.63, 3.8) is 0 Å². The summed E-state index contributed by atoms with van der Waals surface area (Å²) < 4.78 is 14.1. The molecular formula is C19H19ClFN5OS2. The topological polar surface area (TPSA) is 71.0 Å². The molecule has 10 heteroatoms. The molecule has 6 nitrogen and oxygen atoms in total. The Morgan fingerprint density at radius 3 is 2.79 bits per heavy atom. The highest BCUT2D eigenvalue weighted by Gasteiger charge is 2.18. The van der Waals surface area contributed by atoms with Gasteiger partial charge in [-0.2, -0.15) is 4.98 Å². The van der Waals surface area contributed by atoms with E-state index >= 15 is 0 Å². The van der Waals surface area contributed by atoms with Gasteiger partial charge in [0.25, 0.3) is 0 Å². The van der Waals surface area contributed by atoms with Gasteiger partial charge in [-0.15, -0.1) is 0 Å². The van der Waals surface area contributed by atoms with E-state index in [4.69, 9.17) is 11.6 Å². The van der Waals surface area contributed by atoms with Gasteiger partial charge in [-0.1, -0.05) is 47.5 Å². The molecule has 3 aromatic rings. The van der Waals surface area contributed by atoms with Crippen LogP contribution in [0.1, 0.15) is 25.7 Å². The zero-order chi connectivity index (χ0) is 20.2. The number of thioether (sulfide) groups is 1. The fourth-order valence-corrected chi connectivity index (χ4v) is 5.25. The van der Waals surface area contributed by atoms with Gasteiger partial charge in [0.2, 0.25) is 5.91 Å². The second kappa shape index (κ2) is 9.23. The third-order valence-corrected chi connectivity index (χ3v) is 7.09. The predicted molar refractivity (Wildman–Crippen MR) is 117 cm³/mol. The number of nitrogens with one attached hydrogen (secondary N) is 1. The molecule has 0 aliphatic carbocycles. The van der Waals surface area contributed by atoms with Crippen molar-refractivity contribution in [1.82, 2.24) is 15.0 Å². The molecule has 3 heterocycles. The number of amides is 1. The van der Waals surface area contributed by atoms with E-state index in [0.717, 1.165) is 27.9 Å². The van der Waals surface area contributed by atoms with Crippen LogP contribution in [0, 0.1) is 5.82 Å². The van der Waals surface area contributed by atoms with Gasteiger partial charge in [-0.25, -0.2) is 14.4 Å². The number of carbonyl (C=O) groups is 1. The first-order chi connectivity index (χ1) is 14.1. The first-order valence-electron chi connectivity index (χ1n) is 9.34. The number of rotatable bonds is 5. The standard InChI is InChI=1S/C19H19ClFN5OS2/c20-13-9-12(5-6-14(13)21)24-15(27)10-28-18-16-17(22-11-23-18)25-19(29-16)26-7-3-1-2-4-8-26/h5-6,9,11H,1-4,7-8,10H2,(H,24,27). The highest BCUT2D eigenvalue weighted by atomic mass is 35.5. The van der Waals surface area contributed by atoms with Crippen LogP contribution in [-0.4, -0.2) is 39.7 Å². The quantitative estimate of drug-likeness (QED) is 0.435. The van der Waals surface area contributed by atoms with E-state index < -0.39 is 5.82 Å². The summed E-state index contributed by atoms with van der Waals surface area (Å²) in [4.78, 5) is 27.9. The van der Waals surface area contributed by atoms with E-state index in [0.29, 0.717) is 11.3 Å². The van der Waals surface area contributed by atoms with Crippen molar-refractivity contribution in [1.29, 1.82) is 0 Å². The SMILES string of the molecule is O=C(CSc1ncnc2nc(N3CCCCCC3)sc12)Nc1ccc(F)c(Cl)c1. The summed E-state index contributed by atoms with van der Waals surface area (Å²) in [5, 5.41) is 4.39. The Labute approximate surface area is 180 Å². The number of carbonyl (C=O) groups excluding carboxylic acids is 1. The molecule has 0 spiro atoms.